The van der Waals surface area contributed by atoms with Gasteiger partial charge in [0.25, 0.3) is 0 Å². The van der Waals surface area contributed by atoms with Gasteiger partial charge in [0.1, 0.15) is 0 Å². The van der Waals surface area contributed by atoms with Crippen LogP contribution in [0.1, 0.15) is 6.92 Å². The quantitative estimate of drug-likeness (QED) is 0.486. The largest absolute Gasteiger partial charge is 0.305 e. The third-order valence-electron chi connectivity index (χ3n) is 2.74. The number of terminal acetylenes is 1. The Morgan fingerprint density at radius 1 is 1.21 bits per heavy atom. The predicted octanol–water partition coefficient (Wildman–Crippen LogP) is -0.153. The molecular formula is C11H21N3. The minimum atomic E-state index is 0.689. The molecule has 1 N–H and O–H groups in total. The van der Waals surface area contributed by atoms with Crippen LogP contribution in [0.15, 0.2) is 0 Å². The normalized spacial score (nSPS) is 19.4. The van der Waals surface area contributed by atoms with Crippen molar-refractivity contribution < 1.29 is 0 Å². The van der Waals surface area contributed by atoms with E-state index in [4.69, 9.17) is 6.42 Å². The van der Waals surface area contributed by atoms with E-state index in [1.54, 1.807) is 0 Å². The van der Waals surface area contributed by atoms with Gasteiger partial charge in [0.2, 0.25) is 0 Å². The molecule has 0 atom stereocenters. The Labute approximate surface area is 87.5 Å². The van der Waals surface area contributed by atoms with E-state index in [-0.39, 0.29) is 0 Å². The van der Waals surface area contributed by atoms with Crippen molar-refractivity contribution in [2.24, 2.45) is 0 Å². The maximum absolute atomic E-state index is 5.15. The fourth-order valence-corrected chi connectivity index (χ4v) is 1.73. The number of piperazine rings is 1. The molecule has 1 aliphatic rings. The molecule has 0 saturated carbocycles. The molecule has 0 aromatic heterocycles. The Morgan fingerprint density at radius 3 is 2.43 bits per heavy atom. The highest BCUT2D eigenvalue weighted by molar-refractivity contribution is 4.86. The molecule has 3 heteroatoms. The Kier molecular flexibility index (Phi) is 5.62. The molecule has 1 rings (SSSR count). The highest BCUT2D eigenvalue weighted by Gasteiger charge is 2.14. The zero-order valence-corrected chi connectivity index (χ0v) is 9.13. The second-order valence-electron chi connectivity index (χ2n) is 3.66. The van der Waals surface area contributed by atoms with Gasteiger partial charge in [-0.2, -0.15) is 0 Å². The minimum Gasteiger partial charge on any atom is -0.305 e. The maximum Gasteiger partial charge on any atom is 0.0574 e. The van der Waals surface area contributed by atoms with Gasteiger partial charge < -0.3 is 10.2 Å². The minimum absolute atomic E-state index is 0.689. The van der Waals surface area contributed by atoms with Crippen LogP contribution in [0.4, 0.5) is 0 Å². The number of hydrogen-bond donors (Lipinski definition) is 1. The van der Waals surface area contributed by atoms with Crippen LogP contribution in [0.2, 0.25) is 0 Å². The van der Waals surface area contributed by atoms with E-state index < -0.39 is 0 Å². The van der Waals surface area contributed by atoms with E-state index in [9.17, 15) is 0 Å². The van der Waals surface area contributed by atoms with Crippen molar-refractivity contribution in [1.29, 1.82) is 0 Å². The molecule has 1 heterocycles. The fourth-order valence-electron chi connectivity index (χ4n) is 1.73. The van der Waals surface area contributed by atoms with Gasteiger partial charge in [-0.05, 0) is 6.54 Å². The van der Waals surface area contributed by atoms with Crippen LogP contribution in [0, 0.1) is 12.3 Å². The summed E-state index contributed by atoms with van der Waals surface area (Å²) >= 11 is 0. The Bertz CT molecular complexity index is 177. The molecule has 0 spiro atoms. The van der Waals surface area contributed by atoms with Crippen molar-refractivity contribution >= 4 is 0 Å². The molecule has 0 unspecified atom stereocenters. The van der Waals surface area contributed by atoms with E-state index in [1.165, 1.54) is 32.7 Å². The lowest BCUT2D eigenvalue weighted by atomic mass is 10.3. The number of likely N-dealkylation sites (N-methyl/N-ethyl adjacent to an activating group) is 1. The third kappa shape index (κ3) is 4.10. The van der Waals surface area contributed by atoms with Gasteiger partial charge in [-0.15, -0.1) is 6.42 Å². The van der Waals surface area contributed by atoms with Crippen molar-refractivity contribution in [3.63, 3.8) is 0 Å². The molecule has 1 aliphatic heterocycles. The maximum atomic E-state index is 5.15. The Morgan fingerprint density at radius 2 is 1.86 bits per heavy atom. The van der Waals surface area contributed by atoms with Crippen molar-refractivity contribution in [2.75, 3.05) is 52.4 Å². The van der Waals surface area contributed by atoms with Gasteiger partial charge in [-0.25, -0.2) is 0 Å². The molecule has 3 nitrogen and oxygen atoms in total. The first-order valence-electron chi connectivity index (χ1n) is 5.45. The van der Waals surface area contributed by atoms with E-state index in [0.29, 0.717) is 6.54 Å². The zero-order valence-electron chi connectivity index (χ0n) is 9.13. The number of rotatable bonds is 5. The average Bonchev–Trinajstić information content (AvgIpc) is 2.25. The summed E-state index contributed by atoms with van der Waals surface area (Å²) in [7, 11) is 0. The summed E-state index contributed by atoms with van der Waals surface area (Å²) in [5.74, 6) is 2.58. The smallest absolute Gasteiger partial charge is 0.0574 e. The van der Waals surface area contributed by atoms with Crippen LogP contribution in [0.3, 0.4) is 0 Å². The number of nitrogens with one attached hydrogen (secondary N) is 1. The van der Waals surface area contributed by atoms with Crippen LogP contribution in [0.25, 0.3) is 0 Å². The Balaban J connectivity index is 2.02. The van der Waals surface area contributed by atoms with Crippen LogP contribution < -0.4 is 5.32 Å². The first-order valence-corrected chi connectivity index (χ1v) is 5.45. The van der Waals surface area contributed by atoms with E-state index >= 15 is 0 Å². The van der Waals surface area contributed by atoms with Crippen molar-refractivity contribution in [1.82, 2.24) is 15.1 Å². The van der Waals surface area contributed by atoms with Crippen molar-refractivity contribution in [2.45, 2.75) is 6.92 Å². The molecule has 14 heavy (non-hydrogen) atoms. The van der Waals surface area contributed by atoms with Gasteiger partial charge in [0, 0.05) is 39.3 Å². The molecule has 80 valence electrons. The molecular weight excluding hydrogens is 174 g/mol. The standard InChI is InChI=1S/C11H21N3/c1-3-5-12-6-7-14-10-8-13(4-2)9-11-14/h1,12H,4-11H2,2H3. The van der Waals surface area contributed by atoms with E-state index in [1.807, 2.05) is 0 Å². The zero-order chi connectivity index (χ0) is 10.2. The summed E-state index contributed by atoms with van der Waals surface area (Å²) in [6.45, 7) is 11.1. The first-order chi connectivity index (χ1) is 6.86. The molecule has 0 amide bonds. The fraction of sp³-hybridized carbons (Fsp3) is 0.818. The molecule has 0 bridgehead atoms. The van der Waals surface area contributed by atoms with E-state index in [2.05, 4.69) is 28.0 Å². The van der Waals surface area contributed by atoms with Gasteiger partial charge in [0.15, 0.2) is 0 Å². The molecule has 0 aromatic rings. The SMILES string of the molecule is C#CCNCCN1CCN(CC)CC1. The topological polar surface area (TPSA) is 18.5 Å². The summed E-state index contributed by atoms with van der Waals surface area (Å²) in [4.78, 5) is 4.99. The molecule has 0 radical (unpaired) electrons. The molecule has 0 aromatic carbocycles. The molecule has 0 aliphatic carbocycles. The van der Waals surface area contributed by atoms with Gasteiger partial charge in [0.05, 0.1) is 6.54 Å². The van der Waals surface area contributed by atoms with Gasteiger partial charge in [-0.3, -0.25) is 4.90 Å². The second-order valence-corrected chi connectivity index (χ2v) is 3.66. The van der Waals surface area contributed by atoms with Crippen LogP contribution in [-0.4, -0.2) is 62.2 Å². The predicted molar refractivity (Wildman–Crippen MR) is 60.3 cm³/mol. The lowest BCUT2D eigenvalue weighted by molar-refractivity contribution is 0.138. The lowest BCUT2D eigenvalue weighted by Crippen LogP contribution is -2.47. The number of hydrogen-bond acceptors (Lipinski definition) is 3. The Hall–Kier alpha value is -0.560. The first kappa shape index (κ1) is 11.5. The van der Waals surface area contributed by atoms with Crippen LogP contribution in [-0.2, 0) is 0 Å². The lowest BCUT2D eigenvalue weighted by Gasteiger charge is -2.33. The van der Waals surface area contributed by atoms with Gasteiger partial charge in [-0.1, -0.05) is 12.8 Å². The van der Waals surface area contributed by atoms with Crippen LogP contribution in [0.5, 0.6) is 0 Å². The van der Waals surface area contributed by atoms with Crippen LogP contribution >= 0.6 is 0 Å². The van der Waals surface area contributed by atoms with Crippen molar-refractivity contribution in [3.8, 4) is 12.3 Å². The highest BCUT2D eigenvalue weighted by Crippen LogP contribution is 1.99. The molecule has 1 saturated heterocycles. The molecule has 1 fully saturated rings. The summed E-state index contributed by atoms with van der Waals surface area (Å²) in [6, 6.07) is 0. The van der Waals surface area contributed by atoms with E-state index in [0.717, 1.165) is 13.1 Å². The highest BCUT2D eigenvalue weighted by atomic mass is 15.3. The third-order valence-corrected chi connectivity index (χ3v) is 2.74. The summed E-state index contributed by atoms with van der Waals surface area (Å²) in [5, 5.41) is 3.22. The summed E-state index contributed by atoms with van der Waals surface area (Å²) < 4.78 is 0. The number of nitrogens with zero attached hydrogens (tertiary/aromatic N) is 2. The summed E-state index contributed by atoms with van der Waals surface area (Å²) in [5.41, 5.74) is 0. The average molecular weight is 195 g/mol. The van der Waals surface area contributed by atoms with Crippen molar-refractivity contribution in [3.05, 3.63) is 0 Å². The monoisotopic (exact) mass is 195 g/mol. The second kappa shape index (κ2) is 6.83. The summed E-state index contributed by atoms with van der Waals surface area (Å²) in [6.07, 6.45) is 5.15. The van der Waals surface area contributed by atoms with Gasteiger partial charge >= 0.3 is 0 Å².